The molecule has 0 saturated heterocycles. The van der Waals surface area contributed by atoms with Crippen LogP contribution in [0.1, 0.15) is 15.9 Å². The van der Waals surface area contributed by atoms with Crippen molar-refractivity contribution in [2.75, 3.05) is 5.32 Å². The van der Waals surface area contributed by atoms with E-state index in [-0.39, 0.29) is 17.0 Å². The van der Waals surface area contributed by atoms with Gasteiger partial charge in [0.15, 0.2) is 0 Å². The summed E-state index contributed by atoms with van der Waals surface area (Å²) in [5.74, 6) is -1.45. The maximum atomic E-state index is 11.8. The fourth-order valence-electron chi connectivity index (χ4n) is 1.75. The molecule has 3 N–H and O–H groups in total. The van der Waals surface area contributed by atoms with Crippen molar-refractivity contribution in [2.24, 2.45) is 0 Å². The van der Waals surface area contributed by atoms with Gasteiger partial charge in [-0.15, -0.1) is 0 Å². The molecule has 21 heavy (non-hydrogen) atoms. The molecule has 2 aromatic rings. The van der Waals surface area contributed by atoms with Crippen LogP contribution in [0.2, 0.25) is 0 Å². The monoisotopic (exact) mass is 283 g/mol. The van der Waals surface area contributed by atoms with Gasteiger partial charge in [-0.05, 0) is 35.9 Å². The molecule has 5 nitrogen and oxygen atoms in total. The zero-order valence-electron chi connectivity index (χ0n) is 11.0. The first-order chi connectivity index (χ1) is 10.1. The number of aromatic carboxylic acids is 1. The van der Waals surface area contributed by atoms with Crippen LogP contribution in [0.3, 0.4) is 0 Å². The summed E-state index contributed by atoms with van der Waals surface area (Å²) in [6, 6.07) is 12.6. The zero-order chi connectivity index (χ0) is 15.2. The minimum absolute atomic E-state index is 0.0246. The Morgan fingerprint density at radius 1 is 1.05 bits per heavy atom. The SMILES string of the molecule is O=C(C=Cc1cccc(O)c1)Nc1ccccc1C(=O)O. The van der Waals surface area contributed by atoms with Gasteiger partial charge in [0.05, 0.1) is 11.3 Å². The molecular weight excluding hydrogens is 270 g/mol. The number of phenols is 1. The average molecular weight is 283 g/mol. The van der Waals surface area contributed by atoms with Gasteiger partial charge in [0.2, 0.25) is 5.91 Å². The first-order valence-corrected chi connectivity index (χ1v) is 6.16. The van der Waals surface area contributed by atoms with E-state index in [1.165, 1.54) is 36.4 Å². The second-order valence-corrected chi connectivity index (χ2v) is 4.27. The average Bonchev–Trinajstić information content (AvgIpc) is 2.45. The molecular formula is C16H13NO4. The summed E-state index contributed by atoms with van der Waals surface area (Å²) < 4.78 is 0. The van der Waals surface area contributed by atoms with E-state index in [9.17, 15) is 14.7 Å². The lowest BCUT2D eigenvalue weighted by Gasteiger charge is -2.05. The van der Waals surface area contributed by atoms with E-state index >= 15 is 0 Å². The summed E-state index contributed by atoms with van der Waals surface area (Å²) in [6.45, 7) is 0. The van der Waals surface area contributed by atoms with Crippen LogP contribution < -0.4 is 5.32 Å². The van der Waals surface area contributed by atoms with Crippen LogP contribution in [0.25, 0.3) is 6.08 Å². The van der Waals surface area contributed by atoms with Crippen molar-refractivity contribution in [3.8, 4) is 5.75 Å². The zero-order valence-corrected chi connectivity index (χ0v) is 11.0. The van der Waals surface area contributed by atoms with E-state index in [1.54, 1.807) is 24.3 Å². The number of hydrogen-bond acceptors (Lipinski definition) is 3. The number of benzene rings is 2. The Bertz CT molecular complexity index is 707. The Morgan fingerprint density at radius 2 is 1.81 bits per heavy atom. The second kappa shape index (κ2) is 6.38. The summed E-state index contributed by atoms with van der Waals surface area (Å²) in [6.07, 6.45) is 2.80. The van der Waals surface area contributed by atoms with Gasteiger partial charge in [0.1, 0.15) is 5.75 Å². The van der Waals surface area contributed by atoms with Crippen molar-refractivity contribution >= 4 is 23.6 Å². The molecule has 106 valence electrons. The van der Waals surface area contributed by atoms with E-state index in [0.717, 1.165) is 0 Å². The molecule has 0 aromatic heterocycles. The fourth-order valence-corrected chi connectivity index (χ4v) is 1.75. The molecule has 1 amide bonds. The molecule has 0 fully saturated rings. The van der Waals surface area contributed by atoms with Gasteiger partial charge < -0.3 is 15.5 Å². The van der Waals surface area contributed by atoms with Crippen molar-refractivity contribution in [3.63, 3.8) is 0 Å². The minimum atomic E-state index is -1.11. The lowest BCUT2D eigenvalue weighted by Crippen LogP contribution is -2.11. The van der Waals surface area contributed by atoms with Crippen molar-refractivity contribution in [1.82, 2.24) is 0 Å². The number of carbonyl (C=O) groups excluding carboxylic acids is 1. The molecule has 0 aliphatic rings. The molecule has 0 spiro atoms. The number of nitrogens with one attached hydrogen (secondary N) is 1. The van der Waals surface area contributed by atoms with E-state index < -0.39 is 11.9 Å². The maximum absolute atomic E-state index is 11.8. The Hall–Kier alpha value is -3.08. The Morgan fingerprint density at radius 3 is 2.52 bits per heavy atom. The molecule has 0 aliphatic carbocycles. The molecule has 0 saturated carbocycles. The van der Waals surface area contributed by atoms with Crippen LogP contribution in [-0.2, 0) is 4.79 Å². The number of carbonyl (C=O) groups is 2. The maximum Gasteiger partial charge on any atom is 0.337 e. The summed E-state index contributed by atoms with van der Waals surface area (Å²) in [5, 5.41) is 20.8. The number of aromatic hydroxyl groups is 1. The molecule has 2 aromatic carbocycles. The molecule has 0 heterocycles. The van der Waals surface area contributed by atoms with Crippen LogP contribution in [0.5, 0.6) is 5.75 Å². The highest BCUT2D eigenvalue weighted by atomic mass is 16.4. The van der Waals surface area contributed by atoms with Crippen molar-refractivity contribution in [2.45, 2.75) is 0 Å². The van der Waals surface area contributed by atoms with E-state index in [0.29, 0.717) is 5.56 Å². The smallest absolute Gasteiger partial charge is 0.337 e. The number of carboxylic acid groups (broad SMARTS) is 1. The number of para-hydroxylation sites is 1. The molecule has 5 heteroatoms. The van der Waals surface area contributed by atoms with E-state index in [2.05, 4.69) is 5.32 Å². The van der Waals surface area contributed by atoms with Crippen LogP contribution in [0, 0.1) is 0 Å². The van der Waals surface area contributed by atoms with E-state index in [4.69, 9.17) is 5.11 Å². The lowest BCUT2D eigenvalue weighted by molar-refractivity contribution is -0.111. The van der Waals surface area contributed by atoms with Crippen LogP contribution in [0.15, 0.2) is 54.6 Å². The molecule has 2 rings (SSSR count). The fraction of sp³-hybridized carbons (Fsp3) is 0. The first-order valence-electron chi connectivity index (χ1n) is 6.16. The lowest BCUT2D eigenvalue weighted by atomic mass is 10.1. The largest absolute Gasteiger partial charge is 0.508 e. The first kappa shape index (κ1) is 14.3. The highest BCUT2D eigenvalue weighted by Gasteiger charge is 2.09. The molecule has 0 atom stereocenters. The predicted octanol–water partition coefficient (Wildman–Crippen LogP) is 2.74. The minimum Gasteiger partial charge on any atom is -0.508 e. The normalized spacial score (nSPS) is 10.5. The summed E-state index contributed by atoms with van der Waals surface area (Å²) >= 11 is 0. The molecule has 0 aliphatic heterocycles. The predicted molar refractivity (Wildman–Crippen MR) is 79.2 cm³/mol. The number of phenolic OH excluding ortho intramolecular Hbond substituents is 1. The summed E-state index contributed by atoms with van der Waals surface area (Å²) in [4.78, 5) is 22.8. The molecule has 0 radical (unpaired) electrons. The number of rotatable bonds is 4. The standard InChI is InChI=1S/C16H13NO4/c18-12-5-3-4-11(10-12)8-9-15(19)17-14-7-2-1-6-13(14)16(20)21/h1-10,18H,(H,17,19)(H,20,21). The third kappa shape index (κ3) is 3.94. The topological polar surface area (TPSA) is 86.6 Å². The van der Waals surface area contributed by atoms with Crippen LogP contribution in [0.4, 0.5) is 5.69 Å². The van der Waals surface area contributed by atoms with Crippen molar-refractivity contribution in [1.29, 1.82) is 0 Å². The van der Waals surface area contributed by atoms with Gasteiger partial charge >= 0.3 is 5.97 Å². The van der Waals surface area contributed by atoms with Crippen LogP contribution >= 0.6 is 0 Å². The van der Waals surface area contributed by atoms with E-state index in [1.807, 2.05) is 0 Å². The molecule has 0 bridgehead atoms. The highest BCUT2D eigenvalue weighted by molar-refractivity contribution is 6.06. The van der Waals surface area contributed by atoms with Crippen molar-refractivity contribution < 1.29 is 19.8 Å². The van der Waals surface area contributed by atoms with Gasteiger partial charge in [0.25, 0.3) is 0 Å². The Kier molecular flexibility index (Phi) is 4.36. The van der Waals surface area contributed by atoms with Gasteiger partial charge in [-0.25, -0.2) is 4.79 Å². The van der Waals surface area contributed by atoms with Gasteiger partial charge in [0, 0.05) is 6.08 Å². The molecule has 0 unspecified atom stereocenters. The summed E-state index contributed by atoms with van der Waals surface area (Å²) in [7, 11) is 0. The third-order valence-electron chi connectivity index (χ3n) is 2.71. The quantitative estimate of drug-likeness (QED) is 0.753. The Balaban J connectivity index is 2.10. The number of amides is 1. The highest BCUT2D eigenvalue weighted by Crippen LogP contribution is 2.15. The third-order valence-corrected chi connectivity index (χ3v) is 2.71. The van der Waals surface area contributed by atoms with Crippen molar-refractivity contribution in [3.05, 3.63) is 65.7 Å². The Labute approximate surface area is 121 Å². The second-order valence-electron chi connectivity index (χ2n) is 4.27. The number of carboxylic acids is 1. The van der Waals surface area contributed by atoms with Gasteiger partial charge in [-0.1, -0.05) is 24.3 Å². The summed E-state index contributed by atoms with van der Waals surface area (Å²) in [5.41, 5.74) is 0.920. The van der Waals surface area contributed by atoms with Crippen LogP contribution in [-0.4, -0.2) is 22.1 Å². The number of hydrogen-bond donors (Lipinski definition) is 3. The number of anilines is 1. The van der Waals surface area contributed by atoms with Gasteiger partial charge in [-0.3, -0.25) is 4.79 Å². The van der Waals surface area contributed by atoms with Gasteiger partial charge in [-0.2, -0.15) is 0 Å².